The van der Waals surface area contributed by atoms with Crippen LogP contribution in [0.3, 0.4) is 0 Å². The third kappa shape index (κ3) is 3.64. The Morgan fingerprint density at radius 2 is 2.00 bits per heavy atom. The Morgan fingerprint density at radius 3 is 2.50 bits per heavy atom. The summed E-state index contributed by atoms with van der Waals surface area (Å²) in [6, 6.07) is 0. The molecule has 82 valence electrons. The fourth-order valence-electron chi connectivity index (χ4n) is 1.78. The van der Waals surface area contributed by atoms with Gasteiger partial charge >= 0.3 is 5.97 Å². The van der Waals surface area contributed by atoms with Crippen LogP contribution in [0, 0.1) is 5.92 Å². The standard InChI is InChI=1S/C10H19NO3/c1-13-10(12)7-14-9-4-2-8(6-11)3-5-9/h8-9H,2-7,11H2,1H3. The number of hydrogen-bond donors (Lipinski definition) is 1. The maximum absolute atomic E-state index is 10.8. The van der Waals surface area contributed by atoms with Crippen LogP contribution in [0.25, 0.3) is 0 Å². The van der Waals surface area contributed by atoms with Gasteiger partial charge in [0.15, 0.2) is 0 Å². The zero-order chi connectivity index (χ0) is 10.4. The third-order valence-corrected chi connectivity index (χ3v) is 2.79. The third-order valence-electron chi connectivity index (χ3n) is 2.79. The van der Waals surface area contributed by atoms with Crippen LogP contribution >= 0.6 is 0 Å². The number of esters is 1. The normalized spacial score (nSPS) is 27.3. The number of methoxy groups -OCH3 is 1. The van der Waals surface area contributed by atoms with Gasteiger partial charge in [0.25, 0.3) is 0 Å². The van der Waals surface area contributed by atoms with Gasteiger partial charge in [-0.2, -0.15) is 0 Å². The van der Waals surface area contributed by atoms with Gasteiger partial charge in [0.2, 0.25) is 0 Å². The van der Waals surface area contributed by atoms with Crippen molar-refractivity contribution < 1.29 is 14.3 Å². The molecule has 1 aliphatic rings. The number of ether oxygens (including phenoxy) is 2. The van der Waals surface area contributed by atoms with Gasteiger partial charge in [-0.15, -0.1) is 0 Å². The Kier molecular flexibility index (Phi) is 4.90. The molecule has 0 heterocycles. The monoisotopic (exact) mass is 201 g/mol. The van der Waals surface area contributed by atoms with Crippen LogP contribution < -0.4 is 5.73 Å². The summed E-state index contributed by atoms with van der Waals surface area (Å²) < 4.78 is 9.91. The van der Waals surface area contributed by atoms with Crippen LogP contribution in [0.5, 0.6) is 0 Å². The number of carbonyl (C=O) groups excluding carboxylic acids is 1. The second-order valence-electron chi connectivity index (χ2n) is 3.77. The summed E-state index contributed by atoms with van der Waals surface area (Å²) >= 11 is 0. The maximum Gasteiger partial charge on any atom is 0.331 e. The van der Waals surface area contributed by atoms with E-state index in [0.717, 1.165) is 32.2 Å². The average molecular weight is 201 g/mol. The average Bonchev–Trinajstić information content (AvgIpc) is 2.26. The van der Waals surface area contributed by atoms with E-state index in [1.807, 2.05) is 0 Å². The fraction of sp³-hybridized carbons (Fsp3) is 0.900. The van der Waals surface area contributed by atoms with Gasteiger partial charge in [-0.25, -0.2) is 4.79 Å². The van der Waals surface area contributed by atoms with E-state index in [1.54, 1.807) is 0 Å². The highest BCUT2D eigenvalue weighted by Gasteiger charge is 2.21. The molecule has 0 aromatic carbocycles. The fourth-order valence-corrected chi connectivity index (χ4v) is 1.78. The lowest BCUT2D eigenvalue weighted by molar-refractivity contribution is -0.148. The molecule has 0 aromatic rings. The second-order valence-corrected chi connectivity index (χ2v) is 3.77. The molecule has 0 atom stereocenters. The van der Waals surface area contributed by atoms with Gasteiger partial charge in [0.05, 0.1) is 13.2 Å². The SMILES string of the molecule is COC(=O)COC1CCC(CN)CC1. The molecule has 4 heteroatoms. The predicted molar refractivity (Wildman–Crippen MR) is 52.8 cm³/mol. The molecule has 0 aliphatic heterocycles. The molecule has 0 bridgehead atoms. The lowest BCUT2D eigenvalue weighted by Gasteiger charge is -2.27. The zero-order valence-electron chi connectivity index (χ0n) is 8.70. The molecule has 4 nitrogen and oxygen atoms in total. The minimum Gasteiger partial charge on any atom is -0.467 e. The molecule has 1 saturated carbocycles. The van der Waals surface area contributed by atoms with Crippen molar-refractivity contribution in [3.05, 3.63) is 0 Å². The molecule has 0 spiro atoms. The van der Waals surface area contributed by atoms with Crippen molar-refractivity contribution in [2.45, 2.75) is 31.8 Å². The molecular formula is C10H19NO3. The zero-order valence-corrected chi connectivity index (χ0v) is 8.70. The molecule has 1 fully saturated rings. The Hall–Kier alpha value is -0.610. The topological polar surface area (TPSA) is 61.5 Å². The van der Waals surface area contributed by atoms with Crippen molar-refractivity contribution in [2.24, 2.45) is 11.7 Å². The first-order valence-corrected chi connectivity index (χ1v) is 5.14. The lowest BCUT2D eigenvalue weighted by Crippen LogP contribution is -2.27. The van der Waals surface area contributed by atoms with Crippen LogP contribution in [-0.4, -0.2) is 32.3 Å². The first-order valence-electron chi connectivity index (χ1n) is 5.14. The van der Waals surface area contributed by atoms with E-state index >= 15 is 0 Å². The van der Waals surface area contributed by atoms with Gasteiger partial charge in [0.1, 0.15) is 6.61 Å². The van der Waals surface area contributed by atoms with E-state index in [9.17, 15) is 4.79 Å². The molecule has 14 heavy (non-hydrogen) atoms. The minimum atomic E-state index is -0.300. The number of rotatable bonds is 4. The second kappa shape index (κ2) is 5.98. The van der Waals surface area contributed by atoms with E-state index in [0.29, 0.717) is 5.92 Å². The Labute approximate surface area is 84.7 Å². The summed E-state index contributed by atoms with van der Waals surface area (Å²) in [7, 11) is 1.37. The highest BCUT2D eigenvalue weighted by Crippen LogP contribution is 2.25. The summed E-state index contributed by atoms with van der Waals surface area (Å²) in [5, 5.41) is 0. The molecular weight excluding hydrogens is 182 g/mol. The smallest absolute Gasteiger partial charge is 0.331 e. The van der Waals surface area contributed by atoms with E-state index in [-0.39, 0.29) is 18.7 Å². The van der Waals surface area contributed by atoms with Gasteiger partial charge < -0.3 is 15.2 Å². The van der Waals surface area contributed by atoms with Crippen molar-refractivity contribution >= 4 is 5.97 Å². The molecule has 0 saturated heterocycles. The minimum absolute atomic E-state index is 0.0778. The number of carbonyl (C=O) groups is 1. The van der Waals surface area contributed by atoms with Gasteiger partial charge in [-0.1, -0.05) is 0 Å². The molecule has 1 aliphatic carbocycles. The van der Waals surface area contributed by atoms with E-state index < -0.39 is 0 Å². The highest BCUT2D eigenvalue weighted by atomic mass is 16.6. The van der Waals surface area contributed by atoms with Crippen LogP contribution in [0.15, 0.2) is 0 Å². The Balaban J connectivity index is 2.13. The molecule has 0 unspecified atom stereocenters. The van der Waals surface area contributed by atoms with E-state index in [2.05, 4.69) is 4.74 Å². The lowest BCUT2D eigenvalue weighted by atomic mass is 9.87. The summed E-state index contributed by atoms with van der Waals surface area (Å²) in [5.41, 5.74) is 5.58. The van der Waals surface area contributed by atoms with E-state index in [1.165, 1.54) is 7.11 Å². The first-order chi connectivity index (χ1) is 6.76. The molecule has 2 N–H and O–H groups in total. The molecule has 0 amide bonds. The Morgan fingerprint density at radius 1 is 1.36 bits per heavy atom. The van der Waals surface area contributed by atoms with Crippen LogP contribution in [-0.2, 0) is 14.3 Å². The Bertz CT molecular complexity index is 176. The summed E-state index contributed by atoms with van der Waals surface area (Å²) in [5.74, 6) is 0.346. The quantitative estimate of drug-likeness (QED) is 0.680. The van der Waals surface area contributed by atoms with Crippen molar-refractivity contribution in [1.82, 2.24) is 0 Å². The number of hydrogen-bond acceptors (Lipinski definition) is 4. The van der Waals surface area contributed by atoms with Crippen molar-refractivity contribution in [1.29, 1.82) is 0 Å². The largest absolute Gasteiger partial charge is 0.467 e. The van der Waals surface area contributed by atoms with Crippen LogP contribution in [0.1, 0.15) is 25.7 Å². The summed E-state index contributed by atoms with van der Waals surface area (Å²) in [6.45, 7) is 0.845. The first kappa shape index (κ1) is 11.5. The van der Waals surface area contributed by atoms with Crippen LogP contribution in [0.4, 0.5) is 0 Å². The van der Waals surface area contributed by atoms with Gasteiger partial charge in [-0.3, -0.25) is 0 Å². The van der Waals surface area contributed by atoms with Crippen molar-refractivity contribution in [3.8, 4) is 0 Å². The maximum atomic E-state index is 10.8. The molecule has 0 aromatic heterocycles. The summed E-state index contributed by atoms with van der Waals surface area (Å²) in [4.78, 5) is 10.8. The highest BCUT2D eigenvalue weighted by molar-refractivity contribution is 5.70. The number of nitrogens with two attached hydrogens (primary N) is 1. The van der Waals surface area contributed by atoms with E-state index in [4.69, 9.17) is 10.5 Å². The van der Waals surface area contributed by atoms with Crippen molar-refractivity contribution in [3.63, 3.8) is 0 Å². The van der Waals surface area contributed by atoms with Gasteiger partial charge in [0, 0.05) is 0 Å². The van der Waals surface area contributed by atoms with Crippen LogP contribution in [0.2, 0.25) is 0 Å². The van der Waals surface area contributed by atoms with Gasteiger partial charge in [-0.05, 0) is 38.1 Å². The predicted octanol–water partition coefficient (Wildman–Crippen LogP) is 0.693. The summed E-state index contributed by atoms with van der Waals surface area (Å²) in [6.07, 6.45) is 4.47. The molecule has 0 radical (unpaired) electrons. The van der Waals surface area contributed by atoms with Crippen molar-refractivity contribution in [2.75, 3.05) is 20.3 Å². The molecule has 1 rings (SSSR count).